The Morgan fingerprint density at radius 2 is 1.89 bits per heavy atom. The summed E-state index contributed by atoms with van der Waals surface area (Å²) in [6.45, 7) is 4.77. The molecule has 2 aromatic carbocycles. The van der Waals surface area contributed by atoms with Crippen LogP contribution in [0.15, 0.2) is 73.1 Å². The van der Waals surface area contributed by atoms with Crippen molar-refractivity contribution in [2.24, 2.45) is 0 Å². The molecule has 2 aromatic heterocycles. The number of aryl methyl sites for hydroxylation is 2. The van der Waals surface area contributed by atoms with Gasteiger partial charge in [0.05, 0.1) is 31.0 Å². The van der Waals surface area contributed by atoms with Gasteiger partial charge in [0.15, 0.2) is 0 Å². The van der Waals surface area contributed by atoms with E-state index >= 15 is 0 Å². The standard InChI is InChI=1S/C28H27N5O2/c1-20-7-8-23(16-21(20)2)26-17-27(33(31-26)24-9-11-25(35-3)12-10-24)28(34)32(15-5-13-29)19-22-6-4-14-30-18-22/h4,6-12,14,16-18H,5,15,19H2,1-3H3. The van der Waals surface area contributed by atoms with E-state index in [0.29, 0.717) is 24.5 Å². The van der Waals surface area contributed by atoms with Crippen LogP contribution in [0.25, 0.3) is 16.9 Å². The molecule has 0 aliphatic heterocycles. The molecule has 0 radical (unpaired) electrons. The van der Waals surface area contributed by atoms with Gasteiger partial charge < -0.3 is 9.64 Å². The van der Waals surface area contributed by atoms with Crippen molar-refractivity contribution in [1.82, 2.24) is 19.7 Å². The number of nitrogens with zero attached hydrogens (tertiary/aromatic N) is 5. The Kier molecular flexibility index (Phi) is 7.22. The van der Waals surface area contributed by atoms with Crippen LogP contribution in [0.5, 0.6) is 5.75 Å². The van der Waals surface area contributed by atoms with Gasteiger partial charge in [-0.2, -0.15) is 10.4 Å². The number of methoxy groups -OCH3 is 1. The minimum Gasteiger partial charge on any atom is -0.497 e. The summed E-state index contributed by atoms with van der Waals surface area (Å²) in [7, 11) is 1.61. The lowest BCUT2D eigenvalue weighted by molar-refractivity contribution is 0.0737. The third-order valence-corrected chi connectivity index (χ3v) is 5.93. The summed E-state index contributed by atoms with van der Waals surface area (Å²) in [5, 5.41) is 14.0. The third-order valence-electron chi connectivity index (χ3n) is 5.93. The van der Waals surface area contributed by atoms with E-state index < -0.39 is 0 Å². The molecule has 0 spiro atoms. The van der Waals surface area contributed by atoms with Crippen molar-refractivity contribution < 1.29 is 9.53 Å². The predicted molar refractivity (Wildman–Crippen MR) is 134 cm³/mol. The Morgan fingerprint density at radius 3 is 2.54 bits per heavy atom. The van der Waals surface area contributed by atoms with E-state index in [1.807, 2.05) is 48.5 Å². The van der Waals surface area contributed by atoms with Gasteiger partial charge in [-0.25, -0.2) is 4.68 Å². The number of rotatable bonds is 8. The highest BCUT2D eigenvalue weighted by atomic mass is 16.5. The molecule has 0 aliphatic rings. The van der Waals surface area contributed by atoms with Crippen molar-refractivity contribution in [3.8, 4) is 28.8 Å². The molecular weight excluding hydrogens is 438 g/mol. The normalized spacial score (nSPS) is 10.6. The molecule has 176 valence electrons. The van der Waals surface area contributed by atoms with Crippen LogP contribution in [0, 0.1) is 25.2 Å². The Balaban J connectivity index is 1.78. The van der Waals surface area contributed by atoms with E-state index in [2.05, 4.69) is 37.0 Å². The molecule has 0 fully saturated rings. The third kappa shape index (κ3) is 5.39. The summed E-state index contributed by atoms with van der Waals surface area (Å²) < 4.78 is 6.95. The summed E-state index contributed by atoms with van der Waals surface area (Å²) in [5.74, 6) is 0.512. The fraction of sp³-hybridized carbons (Fsp3) is 0.214. The van der Waals surface area contributed by atoms with Gasteiger partial charge in [0.1, 0.15) is 11.4 Å². The van der Waals surface area contributed by atoms with Gasteiger partial charge in [0.2, 0.25) is 0 Å². The molecule has 0 saturated heterocycles. The zero-order valence-electron chi connectivity index (χ0n) is 20.1. The second-order valence-corrected chi connectivity index (χ2v) is 8.32. The van der Waals surface area contributed by atoms with Crippen molar-refractivity contribution in [3.05, 3.63) is 95.4 Å². The van der Waals surface area contributed by atoms with Crippen LogP contribution in [0.4, 0.5) is 0 Å². The Hall–Kier alpha value is -4.44. The molecule has 0 aliphatic carbocycles. The van der Waals surface area contributed by atoms with Crippen molar-refractivity contribution in [2.75, 3.05) is 13.7 Å². The van der Waals surface area contributed by atoms with Gasteiger partial charge in [0.25, 0.3) is 5.91 Å². The maximum Gasteiger partial charge on any atom is 0.272 e. The summed E-state index contributed by atoms with van der Waals surface area (Å²) >= 11 is 0. The maximum absolute atomic E-state index is 13.8. The van der Waals surface area contributed by atoms with E-state index in [4.69, 9.17) is 9.84 Å². The van der Waals surface area contributed by atoms with E-state index in [1.165, 1.54) is 5.56 Å². The fourth-order valence-corrected chi connectivity index (χ4v) is 3.81. The summed E-state index contributed by atoms with van der Waals surface area (Å²) in [6, 6.07) is 21.3. The van der Waals surface area contributed by atoms with Crippen molar-refractivity contribution >= 4 is 5.91 Å². The first-order valence-electron chi connectivity index (χ1n) is 11.4. The van der Waals surface area contributed by atoms with E-state index in [9.17, 15) is 10.1 Å². The van der Waals surface area contributed by atoms with Gasteiger partial charge in [-0.15, -0.1) is 0 Å². The fourth-order valence-electron chi connectivity index (χ4n) is 3.81. The Labute approximate surface area is 205 Å². The highest BCUT2D eigenvalue weighted by molar-refractivity contribution is 5.94. The highest BCUT2D eigenvalue weighted by Crippen LogP contribution is 2.26. The van der Waals surface area contributed by atoms with Gasteiger partial charge in [-0.1, -0.05) is 18.2 Å². The van der Waals surface area contributed by atoms with Crippen LogP contribution < -0.4 is 4.74 Å². The van der Waals surface area contributed by atoms with E-state index in [0.717, 1.165) is 28.1 Å². The summed E-state index contributed by atoms with van der Waals surface area (Å²) in [4.78, 5) is 19.7. The number of carbonyl (C=O) groups excluding carboxylic acids is 1. The van der Waals surface area contributed by atoms with Crippen LogP contribution in [0.1, 0.15) is 33.6 Å². The molecule has 7 heteroatoms. The molecule has 0 saturated carbocycles. The molecule has 7 nitrogen and oxygen atoms in total. The van der Waals surface area contributed by atoms with E-state index in [-0.39, 0.29) is 12.3 Å². The number of amides is 1. The minimum atomic E-state index is -0.206. The summed E-state index contributed by atoms with van der Waals surface area (Å²) in [5.41, 5.74) is 6.04. The number of ether oxygens (including phenoxy) is 1. The lowest BCUT2D eigenvalue weighted by atomic mass is 10.0. The maximum atomic E-state index is 13.8. The number of benzene rings is 2. The van der Waals surface area contributed by atoms with Crippen LogP contribution >= 0.6 is 0 Å². The van der Waals surface area contributed by atoms with Crippen molar-refractivity contribution in [1.29, 1.82) is 5.26 Å². The van der Waals surface area contributed by atoms with Crippen LogP contribution in [0.3, 0.4) is 0 Å². The Morgan fingerprint density at radius 1 is 1.09 bits per heavy atom. The van der Waals surface area contributed by atoms with Gasteiger partial charge in [0, 0.05) is 31.0 Å². The number of hydrogen-bond donors (Lipinski definition) is 0. The topological polar surface area (TPSA) is 84.0 Å². The zero-order valence-corrected chi connectivity index (χ0v) is 20.1. The monoisotopic (exact) mass is 465 g/mol. The molecule has 2 heterocycles. The first-order chi connectivity index (χ1) is 17.0. The average molecular weight is 466 g/mol. The predicted octanol–water partition coefficient (Wildman–Crippen LogP) is 5.12. The lowest BCUT2D eigenvalue weighted by Gasteiger charge is -2.22. The van der Waals surface area contributed by atoms with E-state index in [1.54, 1.807) is 29.1 Å². The summed E-state index contributed by atoms with van der Waals surface area (Å²) in [6.07, 6.45) is 3.65. The molecule has 0 N–H and O–H groups in total. The molecule has 1 amide bonds. The second-order valence-electron chi connectivity index (χ2n) is 8.32. The van der Waals surface area contributed by atoms with Crippen molar-refractivity contribution in [3.63, 3.8) is 0 Å². The number of hydrogen-bond acceptors (Lipinski definition) is 5. The highest BCUT2D eigenvalue weighted by Gasteiger charge is 2.23. The molecule has 4 rings (SSSR count). The Bertz CT molecular complexity index is 1350. The largest absolute Gasteiger partial charge is 0.497 e. The lowest BCUT2D eigenvalue weighted by Crippen LogP contribution is -2.33. The number of carbonyl (C=O) groups is 1. The number of aromatic nitrogens is 3. The quantitative estimate of drug-likeness (QED) is 0.361. The minimum absolute atomic E-state index is 0.206. The molecule has 0 unspecified atom stereocenters. The van der Waals surface area contributed by atoms with Crippen LogP contribution in [0.2, 0.25) is 0 Å². The van der Waals surface area contributed by atoms with Crippen LogP contribution in [-0.2, 0) is 6.54 Å². The number of nitriles is 1. The first kappa shape index (κ1) is 23.7. The zero-order chi connectivity index (χ0) is 24.8. The molecule has 35 heavy (non-hydrogen) atoms. The smallest absolute Gasteiger partial charge is 0.272 e. The van der Waals surface area contributed by atoms with Gasteiger partial charge in [-0.05, 0) is 73.0 Å². The molecule has 4 aromatic rings. The molecular formula is C28H27N5O2. The molecule has 0 bridgehead atoms. The van der Waals surface area contributed by atoms with Gasteiger partial charge in [-0.3, -0.25) is 9.78 Å². The molecule has 0 atom stereocenters. The van der Waals surface area contributed by atoms with Crippen LogP contribution in [-0.4, -0.2) is 39.2 Å². The second kappa shape index (κ2) is 10.7. The average Bonchev–Trinajstić information content (AvgIpc) is 3.34. The van der Waals surface area contributed by atoms with Gasteiger partial charge >= 0.3 is 0 Å². The van der Waals surface area contributed by atoms with Crippen molar-refractivity contribution in [2.45, 2.75) is 26.8 Å². The number of pyridine rings is 1. The SMILES string of the molecule is COc1ccc(-n2nc(-c3ccc(C)c(C)c3)cc2C(=O)N(CCC#N)Cc2cccnc2)cc1. The first-order valence-corrected chi connectivity index (χ1v) is 11.4.